The Morgan fingerprint density at radius 3 is 2.36 bits per heavy atom. The summed E-state index contributed by atoms with van der Waals surface area (Å²) < 4.78 is 26.2. The fourth-order valence-corrected chi connectivity index (χ4v) is 4.61. The number of nitro groups is 1. The minimum absolute atomic E-state index is 0.00220. The second-order valence-electron chi connectivity index (χ2n) is 8.23. The van der Waals surface area contributed by atoms with Crippen LogP contribution in [0.25, 0.3) is 0 Å². The first kappa shape index (κ1) is 29.3. The molecule has 0 radical (unpaired) electrons. The zero-order valence-corrected chi connectivity index (χ0v) is 22.7. The second-order valence-corrected chi connectivity index (χ2v) is 11.0. The van der Waals surface area contributed by atoms with Crippen molar-refractivity contribution in [3.63, 3.8) is 0 Å². The SMILES string of the molecule is CCCNC(=O)[C@@H](C)N(Cc1ccc(Cl)c(Cl)c1)C(=O)CN(c1cc([N+](=O)[O-])ccc1C)S(C)(=O)=O. The molecule has 36 heavy (non-hydrogen) atoms. The van der Waals surface area contributed by atoms with Gasteiger partial charge in [-0.15, -0.1) is 0 Å². The van der Waals surface area contributed by atoms with Gasteiger partial charge in [-0.2, -0.15) is 0 Å². The average Bonchev–Trinajstić information content (AvgIpc) is 2.80. The fourth-order valence-electron chi connectivity index (χ4n) is 3.39. The van der Waals surface area contributed by atoms with E-state index in [2.05, 4.69) is 5.32 Å². The highest BCUT2D eigenvalue weighted by atomic mass is 35.5. The maximum absolute atomic E-state index is 13.5. The summed E-state index contributed by atoms with van der Waals surface area (Å²) in [4.78, 5) is 38.1. The smallest absolute Gasteiger partial charge is 0.271 e. The lowest BCUT2D eigenvalue weighted by Crippen LogP contribution is -2.51. The van der Waals surface area contributed by atoms with E-state index in [0.29, 0.717) is 29.1 Å². The van der Waals surface area contributed by atoms with Crippen LogP contribution in [-0.2, 0) is 26.2 Å². The first-order chi connectivity index (χ1) is 16.8. The van der Waals surface area contributed by atoms with Gasteiger partial charge >= 0.3 is 0 Å². The Labute approximate surface area is 220 Å². The number of nitrogens with one attached hydrogen (secondary N) is 1. The van der Waals surface area contributed by atoms with E-state index in [1.165, 1.54) is 24.0 Å². The summed E-state index contributed by atoms with van der Waals surface area (Å²) in [5, 5.41) is 14.6. The zero-order valence-electron chi connectivity index (χ0n) is 20.3. The molecule has 2 aromatic rings. The molecular weight excluding hydrogens is 531 g/mol. The van der Waals surface area contributed by atoms with Crippen molar-refractivity contribution in [2.45, 2.75) is 39.8 Å². The first-order valence-corrected chi connectivity index (χ1v) is 13.6. The topological polar surface area (TPSA) is 130 Å². The van der Waals surface area contributed by atoms with Crippen LogP contribution in [0.1, 0.15) is 31.4 Å². The molecule has 0 aliphatic rings. The largest absolute Gasteiger partial charge is 0.354 e. The molecule has 2 aromatic carbocycles. The molecule has 2 amide bonds. The van der Waals surface area contributed by atoms with E-state index in [4.69, 9.17) is 23.2 Å². The maximum atomic E-state index is 13.5. The Balaban J connectivity index is 2.48. The molecular formula is C23H28Cl2N4O6S. The van der Waals surface area contributed by atoms with Crippen molar-refractivity contribution in [3.05, 3.63) is 67.7 Å². The number of hydrogen-bond donors (Lipinski definition) is 1. The highest BCUT2D eigenvalue weighted by Crippen LogP contribution is 2.28. The number of nitrogens with zero attached hydrogens (tertiary/aromatic N) is 3. The van der Waals surface area contributed by atoms with Crippen LogP contribution in [0.4, 0.5) is 11.4 Å². The molecule has 196 valence electrons. The highest BCUT2D eigenvalue weighted by molar-refractivity contribution is 7.92. The normalized spacial score (nSPS) is 12.1. The fraction of sp³-hybridized carbons (Fsp3) is 0.391. The summed E-state index contributed by atoms with van der Waals surface area (Å²) in [6, 6.07) is 7.56. The third-order valence-electron chi connectivity index (χ3n) is 5.40. The van der Waals surface area contributed by atoms with Gasteiger partial charge in [0, 0.05) is 25.2 Å². The van der Waals surface area contributed by atoms with Gasteiger partial charge in [-0.05, 0) is 43.5 Å². The molecule has 0 bridgehead atoms. The maximum Gasteiger partial charge on any atom is 0.271 e. The van der Waals surface area contributed by atoms with E-state index in [1.54, 1.807) is 25.1 Å². The van der Waals surface area contributed by atoms with Gasteiger partial charge in [0.2, 0.25) is 21.8 Å². The van der Waals surface area contributed by atoms with Crippen molar-refractivity contribution in [1.82, 2.24) is 10.2 Å². The molecule has 0 heterocycles. The van der Waals surface area contributed by atoms with Gasteiger partial charge in [0.1, 0.15) is 12.6 Å². The summed E-state index contributed by atoms with van der Waals surface area (Å²) in [7, 11) is -4.03. The van der Waals surface area contributed by atoms with E-state index in [0.717, 1.165) is 16.6 Å². The molecule has 0 aliphatic carbocycles. The van der Waals surface area contributed by atoms with Gasteiger partial charge in [0.05, 0.1) is 26.9 Å². The van der Waals surface area contributed by atoms with E-state index >= 15 is 0 Å². The third kappa shape index (κ3) is 7.55. The van der Waals surface area contributed by atoms with Crippen LogP contribution in [0, 0.1) is 17.0 Å². The van der Waals surface area contributed by atoms with E-state index < -0.39 is 39.3 Å². The lowest BCUT2D eigenvalue weighted by atomic mass is 10.1. The van der Waals surface area contributed by atoms with Crippen LogP contribution in [0.15, 0.2) is 36.4 Å². The standard InChI is InChI=1S/C23H28Cl2N4O6S/c1-5-10-26-23(31)16(3)27(13-17-7-9-19(24)20(25)11-17)22(30)14-28(36(4,34)35)21-12-18(29(32)33)8-6-15(21)2/h6-9,11-12,16H,5,10,13-14H2,1-4H3,(H,26,31)/t16-/m1/s1. The molecule has 0 unspecified atom stereocenters. The second kappa shape index (κ2) is 12.4. The number of hydrogen-bond acceptors (Lipinski definition) is 6. The minimum Gasteiger partial charge on any atom is -0.354 e. The van der Waals surface area contributed by atoms with Gasteiger partial charge in [0.25, 0.3) is 5.69 Å². The van der Waals surface area contributed by atoms with Crippen molar-refractivity contribution in [1.29, 1.82) is 0 Å². The number of amides is 2. The molecule has 1 N–H and O–H groups in total. The van der Waals surface area contributed by atoms with Gasteiger partial charge in [-0.1, -0.05) is 42.3 Å². The van der Waals surface area contributed by atoms with Crippen molar-refractivity contribution in [2.75, 3.05) is 23.7 Å². The summed E-state index contributed by atoms with van der Waals surface area (Å²) in [5.74, 6) is -1.10. The molecule has 1 atom stereocenters. The number of nitro benzene ring substituents is 1. The van der Waals surface area contributed by atoms with Crippen LogP contribution in [0.2, 0.25) is 10.0 Å². The number of benzene rings is 2. The first-order valence-electron chi connectivity index (χ1n) is 11.0. The van der Waals surface area contributed by atoms with Gasteiger partial charge in [-0.25, -0.2) is 8.42 Å². The molecule has 0 aromatic heterocycles. The summed E-state index contributed by atoms with van der Waals surface area (Å²) in [5.41, 5.74) is 0.670. The van der Waals surface area contributed by atoms with Crippen LogP contribution in [-0.4, -0.2) is 55.4 Å². The van der Waals surface area contributed by atoms with Crippen molar-refractivity contribution < 1.29 is 22.9 Å². The quantitative estimate of drug-likeness (QED) is 0.328. The average molecular weight is 559 g/mol. The Bertz CT molecular complexity index is 1260. The number of anilines is 1. The van der Waals surface area contributed by atoms with Crippen molar-refractivity contribution >= 4 is 56.4 Å². The van der Waals surface area contributed by atoms with Gasteiger partial charge < -0.3 is 10.2 Å². The molecule has 0 saturated heterocycles. The Morgan fingerprint density at radius 2 is 1.81 bits per heavy atom. The number of carbonyl (C=O) groups is 2. The number of rotatable bonds is 11. The molecule has 10 nitrogen and oxygen atoms in total. The zero-order chi connectivity index (χ0) is 27.2. The molecule has 2 rings (SSSR count). The number of sulfonamides is 1. The predicted molar refractivity (Wildman–Crippen MR) is 140 cm³/mol. The van der Waals surface area contributed by atoms with Crippen LogP contribution in [0.5, 0.6) is 0 Å². The molecule has 0 saturated carbocycles. The molecule has 0 aliphatic heterocycles. The summed E-state index contributed by atoms with van der Waals surface area (Å²) >= 11 is 12.1. The van der Waals surface area contributed by atoms with Gasteiger partial charge in [0.15, 0.2) is 0 Å². The monoisotopic (exact) mass is 558 g/mol. The van der Waals surface area contributed by atoms with Crippen LogP contribution >= 0.6 is 23.2 Å². The lowest BCUT2D eigenvalue weighted by molar-refractivity contribution is -0.384. The minimum atomic E-state index is -4.03. The number of non-ortho nitro benzene ring substituents is 1. The van der Waals surface area contributed by atoms with Crippen LogP contribution in [0.3, 0.4) is 0 Å². The lowest BCUT2D eigenvalue weighted by Gasteiger charge is -2.32. The molecule has 0 spiro atoms. The van der Waals surface area contributed by atoms with Crippen LogP contribution < -0.4 is 9.62 Å². The van der Waals surface area contributed by atoms with E-state index in [9.17, 15) is 28.1 Å². The van der Waals surface area contributed by atoms with E-state index in [1.807, 2.05) is 6.92 Å². The van der Waals surface area contributed by atoms with Gasteiger partial charge in [-0.3, -0.25) is 24.0 Å². The Hall–Kier alpha value is -2.89. The van der Waals surface area contributed by atoms with Crippen molar-refractivity contribution in [3.8, 4) is 0 Å². The highest BCUT2D eigenvalue weighted by Gasteiger charge is 2.31. The Kier molecular flexibility index (Phi) is 10.1. The number of carbonyl (C=O) groups excluding carboxylic acids is 2. The summed E-state index contributed by atoms with van der Waals surface area (Å²) in [6.45, 7) is 4.67. The van der Waals surface area contributed by atoms with Crippen molar-refractivity contribution in [2.24, 2.45) is 0 Å². The van der Waals surface area contributed by atoms with E-state index in [-0.39, 0.29) is 22.9 Å². The number of halogens is 2. The number of aryl methyl sites for hydroxylation is 1. The molecule has 13 heteroatoms. The summed E-state index contributed by atoms with van der Waals surface area (Å²) in [6.07, 6.45) is 1.59. The third-order valence-corrected chi connectivity index (χ3v) is 7.27. The Morgan fingerprint density at radius 1 is 1.14 bits per heavy atom. The predicted octanol–water partition coefficient (Wildman–Crippen LogP) is 3.92. The molecule has 0 fully saturated rings.